The predicted molar refractivity (Wildman–Crippen MR) is 162 cm³/mol. The number of aryl methyl sites for hydroxylation is 1. The van der Waals surface area contributed by atoms with Crippen LogP contribution in [-0.4, -0.2) is 49.9 Å². The first-order chi connectivity index (χ1) is 20.5. The van der Waals surface area contributed by atoms with Crippen LogP contribution in [0.3, 0.4) is 0 Å². The van der Waals surface area contributed by atoms with Gasteiger partial charge in [-0.15, -0.1) is 0 Å². The Labute approximate surface area is 244 Å². The molecule has 0 aliphatic carbocycles. The van der Waals surface area contributed by atoms with Gasteiger partial charge in [0.2, 0.25) is 5.82 Å². The fraction of sp³-hybridized carbons (Fsp3) is 0.212. The van der Waals surface area contributed by atoms with E-state index >= 15 is 0 Å². The van der Waals surface area contributed by atoms with Gasteiger partial charge in [0.05, 0.1) is 11.2 Å². The van der Waals surface area contributed by atoms with Crippen LogP contribution >= 0.6 is 0 Å². The van der Waals surface area contributed by atoms with Crippen LogP contribution in [0.15, 0.2) is 79.1 Å². The van der Waals surface area contributed by atoms with E-state index in [4.69, 9.17) is 16.0 Å². The Balaban J connectivity index is 1.21. The average molecular weight is 555 g/mol. The van der Waals surface area contributed by atoms with Crippen molar-refractivity contribution in [3.05, 3.63) is 102 Å². The van der Waals surface area contributed by atoms with E-state index in [-0.39, 0.29) is 11.5 Å². The molecule has 3 N–H and O–H groups in total. The highest BCUT2D eigenvalue weighted by Crippen LogP contribution is 2.34. The van der Waals surface area contributed by atoms with Crippen LogP contribution in [0.4, 0.5) is 5.82 Å². The summed E-state index contributed by atoms with van der Waals surface area (Å²) in [5.41, 5.74) is 12.4. The highest BCUT2D eigenvalue weighted by atomic mass is 16.1. The number of aromatic nitrogens is 4. The van der Waals surface area contributed by atoms with E-state index in [1.807, 2.05) is 31.2 Å². The Hall–Kier alpha value is -5.20. The van der Waals surface area contributed by atoms with Gasteiger partial charge in [-0.2, -0.15) is 5.26 Å². The zero-order valence-electron chi connectivity index (χ0n) is 23.3. The maximum Gasteiger partial charge on any atom is 0.267 e. The van der Waals surface area contributed by atoms with E-state index in [2.05, 4.69) is 67.6 Å². The quantitative estimate of drug-likeness (QED) is 0.284. The summed E-state index contributed by atoms with van der Waals surface area (Å²) >= 11 is 0. The molecule has 3 aromatic heterocycles. The number of fused-ring (bicyclic) bond motifs is 1. The van der Waals surface area contributed by atoms with E-state index in [9.17, 15) is 4.79 Å². The molecule has 42 heavy (non-hydrogen) atoms. The van der Waals surface area contributed by atoms with Crippen molar-refractivity contribution < 1.29 is 4.79 Å². The number of carbonyl (C=O) groups is 1. The van der Waals surface area contributed by atoms with Crippen LogP contribution in [0.5, 0.6) is 0 Å². The number of nitrogens with zero attached hydrogens (tertiary/aromatic N) is 6. The number of rotatable bonds is 7. The summed E-state index contributed by atoms with van der Waals surface area (Å²) in [6, 6.07) is 24.9. The van der Waals surface area contributed by atoms with Gasteiger partial charge >= 0.3 is 0 Å². The van der Waals surface area contributed by atoms with Gasteiger partial charge < -0.3 is 11.1 Å². The zero-order valence-corrected chi connectivity index (χ0v) is 23.3. The Morgan fingerprint density at radius 2 is 1.79 bits per heavy atom. The molecule has 0 radical (unpaired) electrons. The molecule has 1 saturated heterocycles. The van der Waals surface area contributed by atoms with Crippen LogP contribution in [0, 0.1) is 18.3 Å². The van der Waals surface area contributed by atoms with Crippen molar-refractivity contribution in [2.24, 2.45) is 5.73 Å². The molecule has 4 heterocycles. The maximum atomic E-state index is 11.9. The second-order valence-corrected chi connectivity index (χ2v) is 10.6. The molecule has 1 aliphatic rings. The summed E-state index contributed by atoms with van der Waals surface area (Å²) in [5, 5.41) is 13.3. The third-order valence-electron chi connectivity index (χ3n) is 7.74. The number of anilines is 1. The second-order valence-electron chi connectivity index (χ2n) is 10.6. The molecular weight excluding hydrogens is 524 g/mol. The van der Waals surface area contributed by atoms with Crippen LogP contribution in [-0.2, 0) is 6.54 Å². The van der Waals surface area contributed by atoms with Gasteiger partial charge in [0.25, 0.3) is 5.91 Å². The van der Waals surface area contributed by atoms with E-state index in [1.54, 1.807) is 18.5 Å². The molecule has 0 unspecified atom stereocenters. The highest BCUT2D eigenvalue weighted by Gasteiger charge is 2.20. The summed E-state index contributed by atoms with van der Waals surface area (Å²) in [6.45, 7) is 4.64. The summed E-state index contributed by atoms with van der Waals surface area (Å²) < 4.78 is 0. The lowest BCUT2D eigenvalue weighted by atomic mass is 9.96. The van der Waals surface area contributed by atoms with Gasteiger partial charge in [-0.3, -0.25) is 14.7 Å². The highest BCUT2D eigenvalue weighted by molar-refractivity contribution is 5.99. The number of amides is 1. The van der Waals surface area contributed by atoms with Crippen LogP contribution < -0.4 is 11.1 Å². The lowest BCUT2D eigenvalue weighted by Crippen LogP contribution is -2.38. The molecule has 1 amide bonds. The third kappa shape index (κ3) is 5.66. The Kier molecular flexibility index (Phi) is 7.54. The molecule has 208 valence electrons. The molecule has 0 saturated carbocycles. The third-order valence-corrected chi connectivity index (χ3v) is 7.74. The van der Waals surface area contributed by atoms with Gasteiger partial charge in [-0.05, 0) is 43.0 Å². The Bertz CT molecular complexity index is 1790. The normalized spacial score (nSPS) is 14.0. The molecular formula is C33H30N8O. The van der Waals surface area contributed by atoms with Crippen LogP contribution in [0.1, 0.15) is 40.3 Å². The number of pyridine rings is 2. The molecule has 0 bridgehead atoms. The van der Waals surface area contributed by atoms with Crippen molar-refractivity contribution in [3.63, 3.8) is 0 Å². The Morgan fingerprint density at radius 1 is 1.02 bits per heavy atom. The van der Waals surface area contributed by atoms with Crippen molar-refractivity contribution >= 4 is 22.6 Å². The SMILES string of the molecule is Cc1c(C(N)=O)ncc2cc(-c3ccccc3)c(-c3ccc(CN4CCC(Nc5ccnc(C#N)n5)CC4)cc3)nc12. The number of carbonyl (C=O) groups excluding carboxylic acids is 1. The van der Waals surface area contributed by atoms with E-state index in [1.165, 1.54) is 5.56 Å². The number of benzene rings is 2. The van der Waals surface area contributed by atoms with Gasteiger partial charge in [0.15, 0.2) is 0 Å². The minimum absolute atomic E-state index is 0.179. The molecule has 5 aromatic rings. The van der Waals surface area contributed by atoms with Gasteiger partial charge in [-0.1, -0.05) is 54.6 Å². The van der Waals surface area contributed by atoms with Crippen LogP contribution in [0.2, 0.25) is 0 Å². The molecule has 1 fully saturated rings. The maximum absolute atomic E-state index is 11.9. The van der Waals surface area contributed by atoms with Gasteiger partial charge in [-0.25, -0.2) is 15.0 Å². The summed E-state index contributed by atoms with van der Waals surface area (Å²) in [5.74, 6) is 0.319. The number of hydrogen-bond donors (Lipinski definition) is 2. The van der Waals surface area contributed by atoms with Gasteiger partial charge in [0, 0.05) is 60.1 Å². The van der Waals surface area contributed by atoms with Crippen molar-refractivity contribution in [2.75, 3.05) is 18.4 Å². The number of likely N-dealkylation sites (tertiary alicyclic amines) is 1. The van der Waals surface area contributed by atoms with Crippen molar-refractivity contribution in [2.45, 2.75) is 32.4 Å². The molecule has 6 rings (SSSR count). The molecule has 9 nitrogen and oxygen atoms in total. The number of nitriles is 1. The second kappa shape index (κ2) is 11.7. The van der Waals surface area contributed by atoms with Crippen molar-refractivity contribution in [1.82, 2.24) is 24.8 Å². The topological polar surface area (TPSA) is 134 Å². The smallest absolute Gasteiger partial charge is 0.267 e. The predicted octanol–water partition coefficient (Wildman–Crippen LogP) is 5.11. The standard InChI is InChI=1S/C33H30N8O/c1-21-30-25(19-37-31(21)33(35)42)17-27(23-5-3-2-4-6-23)32(40-30)24-9-7-22(8-10-24)20-41-15-12-26(13-16-41)38-28-11-14-36-29(18-34)39-28/h2-11,14,17,19,26H,12-13,15-16,20H2,1H3,(H2,35,42)(H,36,38,39). The molecule has 0 spiro atoms. The fourth-order valence-corrected chi connectivity index (χ4v) is 5.54. The Morgan fingerprint density at radius 3 is 2.50 bits per heavy atom. The number of nitrogens with two attached hydrogens (primary N) is 1. The molecule has 2 aromatic carbocycles. The monoisotopic (exact) mass is 554 g/mol. The number of hydrogen-bond acceptors (Lipinski definition) is 8. The molecule has 9 heteroatoms. The largest absolute Gasteiger partial charge is 0.367 e. The lowest BCUT2D eigenvalue weighted by molar-refractivity contribution is 0.0995. The first-order valence-electron chi connectivity index (χ1n) is 14.0. The lowest BCUT2D eigenvalue weighted by Gasteiger charge is -2.32. The van der Waals surface area contributed by atoms with Crippen molar-refractivity contribution in [3.8, 4) is 28.5 Å². The number of primary amides is 1. The van der Waals surface area contributed by atoms with Crippen molar-refractivity contribution in [1.29, 1.82) is 5.26 Å². The fourth-order valence-electron chi connectivity index (χ4n) is 5.54. The average Bonchev–Trinajstić information content (AvgIpc) is 3.02. The minimum atomic E-state index is -0.559. The number of nitrogens with one attached hydrogen (secondary N) is 1. The zero-order chi connectivity index (χ0) is 29.1. The summed E-state index contributed by atoms with van der Waals surface area (Å²) in [7, 11) is 0. The summed E-state index contributed by atoms with van der Waals surface area (Å²) in [4.78, 5) is 32.0. The first kappa shape index (κ1) is 27.0. The minimum Gasteiger partial charge on any atom is -0.367 e. The molecule has 0 atom stereocenters. The van der Waals surface area contributed by atoms with Crippen LogP contribution in [0.25, 0.3) is 33.3 Å². The first-order valence-corrected chi connectivity index (χ1v) is 14.0. The summed E-state index contributed by atoms with van der Waals surface area (Å²) in [6.07, 6.45) is 5.27. The van der Waals surface area contributed by atoms with E-state index in [0.29, 0.717) is 17.4 Å². The van der Waals surface area contributed by atoms with E-state index < -0.39 is 5.91 Å². The number of piperidine rings is 1. The van der Waals surface area contributed by atoms with E-state index in [0.717, 1.165) is 65.8 Å². The molecule has 1 aliphatic heterocycles. The van der Waals surface area contributed by atoms with Gasteiger partial charge in [0.1, 0.15) is 17.6 Å².